The summed E-state index contributed by atoms with van der Waals surface area (Å²) in [5.41, 5.74) is 6.89. The molecule has 1 heterocycles. The second-order valence-corrected chi connectivity index (χ2v) is 8.48. The molecule has 6 nitrogen and oxygen atoms in total. The van der Waals surface area contributed by atoms with E-state index in [0.29, 0.717) is 16.3 Å². The van der Waals surface area contributed by atoms with Gasteiger partial charge >= 0.3 is 4.87 Å². The topological polar surface area (TPSA) is 80.2 Å². The van der Waals surface area contributed by atoms with Crippen LogP contribution in [0.1, 0.15) is 21.6 Å². The van der Waals surface area contributed by atoms with Crippen LogP contribution < -0.4 is 15.7 Å². The lowest BCUT2D eigenvalue weighted by atomic mass is 10.1. The van der Waals surface area contributed by atoms with Crippen LogP contribution in [0, 0.1) is 6.92 Å². The van der Waals surface area contributed by atoms with Gasteiger partial charge in [-0.15, -0.1) is 11.8 Å². The van der Waals surface area contributed by atoms with Crippen LogP contribution in [0.25, 0.3) is 0 Å². The summed E-state index contributed by atoms with van der Waals surface area (Å²) < 4.78 is 1.35. The first-order chi connectivity index (χ1) is 13.9. The first-order valence-corrected chi connectivity index (χ1v) is 10.9. The maximum Gasteiger partial charge on any atom is 0.307 e. The lowest BCUT2D eigenvalue weighted by Gasteiger charge is -2.09. The highest BCUT2D eigenvalue weighted by molar-refractivity contribution is 7.98. The summed E-state index contributed by atoms with van der Waals surface area (Å²) in [4.78, 5) is 36.7. The van der Waals surface area contributed by atoms with Crippen LogP contribution in [0.15, 0.2) is 63.6 Å². The Morgan fingerprint density at radius 3 is 2.38 bits per heavy atom. The van der Waals surface area contributed by atoms with Gasteiger partial charge < -0.3 is 0 Å². The Balaban J connectivity index is 1.49. The Morgan fingerprint density at radius 2 is 1.76 bits per heavy atom. The van der Waals surface area contributed by atoms with Crippen molar-refractivity contribution in [3.8, 4) is 0 Å². The smallest absolute Gasteiger partial charge is 0.294 e. The van der Waals surface area contributed by atoms with Crippen molar-refractivity contribution < 1.29 is 9.59 Å². The number of hydrazine groups is 1. The van der Waals surface area contributed by atoms with E-state index in [1.54, 1.807) is 36.2 Å². The molecule has 0 fully saturated rings. The SMILES string of the molecule is Cc1csc(=O)n1CC(=O)NNC(=O)c1ccc(CSc2ccc(Cl)cc2)cc1. The van der Waals surface area contributed by atoms with Gasteiger partial charge in [-0.25, -0.2) is 0 Å². The Labute approximate surface area is 180 Å². The predicted octanol–water partition coefficient (Wildman–Crippen LogP) is 3.63. The third kappa shape index (κ3) is 5.96. The number of carbonyl (C=O) groups is 2. The van der Waals surface area contributed by atoms with Crippen LogP contribution in [0.2, 0.25) is 5.02 Å². The minimum Gasteiger partial charge on any atom is -0.294 e. The van der Waals surface area contributed by atoms with Gasteiger partial charge in [0.25, 0.3) is 11.8 Å². The molecular formula is C20H18ClN3O3S2. The number of benzene rings is 2. The molecule has 9 heteroatoms. The van der Waals surface area contributed by atoms with E-state index < -0.39 is 11.8 Å². The average Bonchev–Trinajstić information content (AvgIpc) is 3.04. The summed E-state index contributed by atoms with van der Waals surface area (Å²) in [6, 6.07) is 14.8. The van der Waals surface area contributed by atoms with Gasteiger partial charge in [-0.2, -0.15) is 0 Å². The van der Waals surface area contributed by atoms with E-state index in [1.165, 1.54) is 4.57 Å². The van der Waals surface area contributed by atoms with Crippen molar-refractivity contribution in [1.29, 1.82) is 0 Å². The van der Waals surface area contributed by atoms with Crippen LogP contribution in [-0.4, -0.2) is 16.4 Å². The second-order valence-electron chi connectivity index (χ2n) is 6.17. The number of rotatable bonds is 6. The molecule has 2 amide bonds. The number of nitrogens with one attached hydrogen (secondary N) is 2. The fourth-order valence-electron chi connectivity index (χ4n) is 2.43. The molecule has 1 aromatic heterocycles. The number of thiazole rings is 1. The second kappa shape index (κ2) is 9.78. The van der Waals surface area contributed by atoms with Gasteiger partial charge in [0, 0.05) is 32.3 Å². The molecule has 0 aliphatic rings. The highest BCUT2D eigenvalue weighted by Crippen LogP contribution is 2.24. The zero-order valence-electron chi connectivity index (χ0n) is 15.5. The quantitative estimate of drug-likeness (QED) is 0.446. The minimum atomic E-state index is -0.474. The van der Waals surface area contributed by atoms with Gasteiger partial charge in [0.15, 0.2) is 0 Å². The van der Waals surface area contributed by atoms with Crippen LogP contribution in [0.4, 0.5) is 0 Å². The van der Waals surface area contributed by atoms with Crippen LogP contribution in [-0.2, 0) is 17.1 Å². The fraction of sp³-hybridized carbons (Fsp3) is 0.150. The highest BCUT2D eigenvalue weighted by Gasteiger charge is 2.10. The van der Waals surface area contributed by atoms with E-state index in [9.17, 15) is 14.4 Å². The van der Waals surface area contributed by atoms with E-state index in [-0.39, 0.29) is 11.4 Å². The Morgan fingerprint density at radius 1 is 1.07 bits per heavy atom. The highest BCUT2D eigenvalue weighted by atomic mass is 35.5. The van der Waals surface area contributed by atoms with E-state index in [0.717, 1.165) is 27.5 Å². The van der Waals surface area contributed by atoms with Gasteiger partial charge in [0.1, 0.15) is 6.54 Å². The predicted molar refractivity (Wildman–Crippen MR) is 116 cm³/mol. The average molecular weight is 448 g/mol. The van der Waals surface area contributed by atoms with Gasteiger partial charge in [-0.05, 0) is 48.9 Å². The first-order valence-electron chi connectivity index (χ1n) is 8.64. The largest absolute Gasteiger partial charge is 0.307 e. The fourth-order valence-corrected chi connectivity index (χ4v) is 4.14. The molecule has 0 atom stereocenters. The lowest BCUT2D eigenvalue weighted by Crippen LogP contribution is -2.44. The zero-order chi connectivity index (χ0) is 20.8. The molecular weight excluding hydrogens is 430 g/mol. The summed E-state index contributed by atoms with van der Waals surface area (Å²) in [7, 11) is 0. The molecule has 0 spiro atoms. The number of amides is 2. The number of aromatic nitrogens is 1. The van der Waals surface area contributed by atoms with E-state index >= 15 is 0 Å². The van der Waals surface area contributed by atoms with Gasteiger partial charge in [-0.1, -0.05) is 35.1 Å². The summed E-state index contributed by atoms with van der Waals surface area (Å²) in [5.74, 6) is -0.141. The summed E-state index contributed by atoms with van der Waals surface area (Å²) in [6.07, 6.45) is 0. The Hall–Kier alpha value is -2.55. The maximum absolute atomic E-state index is 12.2. The number of thioether (sulfide) groups is 1. The molecule has 3 aromatic rings. The van der Waals surface area contributed by atoms with Crippen molar-refractivity contribution in [3.63, 3.8) is 0 Å². The lowest BCUT2D eigenvalue weighted by molar-refractivity contribution is -0.122. The number of nitrogens with zero attached hydrogens (tertiary/aromatic N) is 1. The maximum atomic E-state index is 12.2. The third-order valence-corrected chi connectivity index (χ3v) is 6.25. The summed E-state index contributed by atoms with van der Waals surface area (Å²) in [5, 5.41) is 2.38. The van der Waals surface area contributed by atoms with Crippen LogP contribution in [0.3, 0.4) is 0 Å². The molecule has 3 rings (SSSR count). The van der Waals surface area contributed by atoms with Crippen molar-refractivity contribution in [2.45, 2.75) is 24.1 Å². The number of aryl methyl sites for hydroxylation is 1. The molecule has 0 unspecified atom stereocenters. The summed E-state index contributed by atoms with van der Waals surface area (Å²) in [6.45, 7) is 1.60. The van der Waals surface area contributed by atoms with Gasteiger partial charge in [0.05, 0.1) is 0 Å². The van der Waals surface area contributed by atoms with Crippen LogP contribution >= 0.6 is 34.7 Å². The van der Waals surface area contributed by atoms with Crippen molar-refractivity contribution in [2.75, 3.05) is 0 Å². The normalized spacial score (nSPS) is 10.6. The molecule has 0 saturated heterocycles. The molecule has 0 bridgehead atoms. The molecule has 0 saturated carbocycles. The van der Waals surface area contributed by atoms with E-state index in [1.807, 2.05) is 36.4 Å². The standard InChI is InChI=1S/C20H18ClN3O3S2/c1-13-11-29-20(27)24(13)10-18(25)22-23-19(26)15-4-2-14(3-5-15)12-28-17-8-6-16(21)7-9-17/h2-9,11H,10,12H2,1H3,(H,22,25)(H,23,26). The monoisotopic (exact) mass is 447 g/mol. The molecule has 2 N–H and O–H groups in total. The molecule has 150 valence electrons. The Kier molecular flexibility index (Phi) is 7.13. The molecule has 0 aliphatic heterocycles. The van der Waals surface area contributed by atoms with Crippen LogP contribution in [0.5, 0.6) is 0 Å². The summed E-state index contributed by atoms with van der Waals surface area (Å²) >= 11 is 8.58. The van der Waals surface area contributed by atoms with Crippen molar-refractivity contribution in [1.82, 2.24) is 15.4 Å². The van der Waals surface area contributed by atoms with E-state index in [4.69, 9.17) is 11.6 Å². The zero-order valence-corrected chi connectivity index (χ0v) is 17.9. The first kappa shape index (κ1) is 21.2. The van der Waals surface area contributed by atoms with Crippen molar-refractivity contribution in [3.05, 3.63) is 85.4 Å². The number of hydrogen-bond acceptors (Lipinski definition) is 5. The molecule has 29 heavy (non-hydrogen) atoms. The van der Waals surface area contributed by atoms with Gasteiger partial charge in [-0.3, -0.25) is 29.8 Å². The molecule has 2 aromatic carbocycles. The number of hydrogen-bond donors (Lipinski definition) is 2. The van der Waals surface area contributed by atoms with E-state index in [2.05, 4.69) is 10.9 Å². The number of carbonyl (C=O) groups excluding carboxylic acids is 2. The van der Waals surface area contributed by atoms with Crippen molar-refractivity contribution >= 4 is 46.5 Å². The Bertz CT molecular complexity index is 1060. The molecule has 0 radical (unpaired) electrons. The minimum absolute atomic E-state index is 0.144. The molecule has 0 aliphatic carbocycles. The van der Waals surface area contributed by atoms with Gasteiger partial charge in [0.2, 0.25) is 0 Å². The van der Waals surface area contributed by atoms with Crippen molar-refractivity contribution in [2.24, 2.45) is 0 Å². The third-order valence-electron chi connectivity index (χ3n) is 4.03. The number of halogens is 1.